The molecule has 0 atom stereocenters. The van der Waals surface area contributed by atoms with E-state index in [0.29, 0.717) is 22.3 Å². The fourth-order valence-corrected chi connectivity index (χ4v) is 4.07. The number of nitrogens with zero attached hydrogens (tertiary/aromatic N) is 2. The van der Waals surface area contributed by atoms with Crippen LogP contribution in [0.5, 0.6) is 0 Å². The topological polar surface area (TPSA) is 78.1 Å². The van der Waals surface area contributed by atoms with Crippen LogP contribution in [0.1, 0.15) is 23.2 Å². The summed E-state index contributed by atoms with van der Waals surface area (Å²) in [5, 5.41) is 11.1. The summed E-state index contributed by atoms with van der Waals surface area (Å²) in [6.45, 7) is 2.08. The lowest BCUT2D eigenvalue weighted by Gasteiger charge is -2.18. The summed E-state index contributed by atoms with van der Waals surface area (Å²) in [5.41, 5.74) is 3.79. The van der Waals surface area contributed by atoms with Gasteiger partial charge in [0.1, 0.15) is 0 Å². The molecular weight excluding hydrogens is 388 g/mol. The summed E-state index contributed by atoms with van der Waals surface area (Å²) in [6.07, 6.45) is 2.39. The van der Waals surface area contributed by atoms with Crippen LogP contribution in [0, 0.1) is 0 Å². The average Bonchev–Trinajstić information content (AvgIpc) is 3.36. The van der Waals surface area contributed by atoms with Crippen LogP contribution in [0.25, 0.3) is 22.0 Å². The first-order chi connectivity index (χ1) is 15.2. The van der Waals surface area contributed by atoms with Gasteiger partial charge in [-0.15, -0.1) is 0 Å². The van der Waals surface area contributed by atoms with E-state index in [1.807, 2.05) is 60.7 Å². The molecule has 31 heavy (non-hydrogen) atoms. The molecule has 0 aliphatic carbocycles. The van der Waals surface area contributed by atoms with Crippen LogP contribution in [0.4, 0.5) is 11.4 Å². The highest BCUT2D eigenvalue weighted by Crippen LogP contribution is 2.26. The number of benzene rings is 3. The predicted molar refractivity (Wildman–Crippen MR) is 124 cm³/mol. The zero-order valence-corrected chi connectivity index (χ0v) is 17.0. The molecule has 1 fully saturated rings. The molecule has 154 valence electrons. The molecule has 1 saturated heterocycles. The highest BCUT2D eigenvalue weighted by atomic mass is 16.1. The Hall–Kier alpha value is -3.93. The van der Waals surface area contributed by atoms with Crippen LogP contribution in [0.3, 0.4) is 0 Å². The molecule has 0 bridgehead atoms. The maximum absolute atomic E-state index is 12.8. The van der Waals surface area contributed by atoms with Crippen molar-refractivity contribution in [3.8, 4) is 11.3 Å². The minimum absolute atomic E-state index is 0.138. The number of fused-ring (bicyclic) bond motifs is 1. The maximum atomic E-state index is 12.8. The molecule has 1 amide bonds. The number of aromatic amines is 1. The SMILES string of the molecule is O=C(Nc1ccc(-c2n[nH]c(=O)c3ccccc23)cc1)c1cccc(N2CCCC2)c1. The van der Waals surface area contributed by atoms with Gasteiger partial charge in [-0.1, -0.05) is 36.4 Å². The number of H-pyrrole nitrogens is 1. The lowest BCUT2D eigenvalue weighted by molar-refractivity contribution is 0.102. The van der Waals surface area contributed by atoms with Gasteiger partial charge in [-0.2, -0.15) is 5.10 Å². The van der Waals surface area contributed by atoms with Gasteiger partial charge < -0.3 is 10.2 Å². The van der Waals surface area contributed by atoms with Crippen LogP contribution in [0.2, 0.25) is 0 Å². The van der Waals surface area contributed by atoms with Crippen LogP contribution in [-0.2, 0) is 0 Å². The van der Waals surface area contributed by atoms with Gasteiger partial charge in [0.15, 0.2) is 0 Å². The van der Waals surface area contributed by atoms with Gasteiger partial charge >= 0.3 is 0 Å². The average molecular weight is 410 g/mol. The van der Waals surface area contributed by atoms with E-state index < -0.39 is 0 Å². The van der Waals surface area contributed by atoms with Crippen LogP contribution < -0.4 is 15.8 Å². The molecule has 1 aliphatic heterocycles. The Morgan fingerprint density at radius 1 is 0.903 bits per heavy atom. The summed E-state index contributed by atoms with van der Waals surface area (Å²) < 4.78 is 0. The second-order valence-electron chi connectivity index (χ2n) is 7.72. The van der Waals surface area contributed by atoms with Gasteiger partial charge in [0.25, 0.3) is 11.5 Å². The van der Waals surface area contributed by atoms with Crippen LogP contribution >= 0.6 is 0 Å². The van der Waals surface area contributed by atoms with Crippen molar-refractivity contribution in [2.24, 2.45) is 0 Å². The molecule has 0 saturated carbocycles. The normalized spacial score (nSPS) is 13.5. The smallest absolute Gasteiger partial charge is 0.272 e. The van der Waals surface area contributed by atoms with Crippen molar-refractivity contribution in [1.82, 2.24) is 10.2 Å². The van der Waals surface area contributed by atoms with Crippen molar-refractivity contribution >= 4 is 28.1 Å². The monoisotopic (exact) mass is 410 g/mol. The number of hydrogen-bond donors (Lipinski definition) is 2. The van der Waals surface area contributed by atoms with Gasteiger partial charge in [-0.3, -0.25) is 9.59 Å². The zero-order valence-electron chi connectivity index (χ0n) is 17.0. The lowest BCUT2D eigenvalue weighted by Crippen LogP contribution is -2.18. The summed E-state index contributed by atoms with van der Waals surface area (Å²) >= 11 is 0. The summed E-state index contributed by atoms with van der Waals surface area (Å²) in [5.74, 6) is -0.138. The van der Waals surface area contributed by atoms with E-state index in [1.165, 1.54) is 12.8 Å². The Balaban J connectivity index is 1.37. The Morgan fingerprint density at radius 3 is 2.42 bits per heavy atom. The lowest BCUT2D eigenvalue weighted by atomic mass is 10.0. The molecule has 2 heterocycles. The Morgan fingerprint density at radius 2 is 1.65 bits per heavy atom. The maximum Gasteiger partial charge on any atom is 0.272 e. The second-order valence-corrected chi connectivity index (χ2v) is 7.72. The summed E-state index contributed by atoms with van der Waals surface area (Å²) in [7, 11) is 0. The van der Waals surface area contributed by atoms with E-state index in [1.54, 1.807) is 6.07 Å². The first-order valence-electron chi connectivity index (χ1n) is 10.4. The molecule has 5 rings (SSSR count). The number of aromatic nitrogens is 2. The van der Waals surface area contributed by atoms with E-state index in [-0.39, 0.29) is 11.5 Å². The number of nitrogens with one attached hydrogen (secondary N) is 2. The van der Waals surface area contributed by atoms with Gasteiger partial charge in [0.05, 0.1) is 11.1 Å². The molecule has 4 aromatic rings. The summed E-state index contributed by atoms with van der Waals surface area (Å²) in [6, 6.07) is 22.6. The van der Waals surface area contributed by atoms with Gasteiger partial charge in [0, 0.05) is 41.0 Å². The number of rotatable bonds is 4. The van der Waals surface area contributed by atoms with Crippen molar-refractivity contribution in [3.05, 3.63) is 88.7 Å². The van der Waals surface area contributed by atoms with Gasteiger partial charge in [-0.25, -0.2) is 5.10 Å². The number of carbonyl (C=O) groups is 1. The van der Waals surface area contributed by atoms with E-state index in [0.717, 1.165) is 29.7 Å². The number of amides is 1. The first kappa shape index (κ1) is 19.1. The van der Waals surface area contributed by atoms with Crippen LogP contribution in [-0.4, -0.2) is 29.2 Å². The first-order valence-corrected chi connectivity index (χ1v) is 10.4. The highest BCUT2D eigenvalue weighted by molar-refractivity contribution is 6.05. The third-order valence-electron chi connectivity index (χ3n) is 5.69. The van der Waals surface area contributed by atoms with Crippen molar-refractivity contribution in [2.45, 2.75) is 12.8 Å². The molecule has 2 N–H and O–H groups in total. The number of hydrogen-bond acceptors (Lipinski definition) is 4. The molecule has 3 aromatic carbocycles. The van der Waals surface area contributed by atoms with Crippen molar-refractivity contribution in [3.63, 3.8) is 0 Å². The molecule has 6 nitrogen and oxygen atoms in total. The Kier molecular flexibility index (Phi) is 4.96. The van der Waals surface area contributed by atoms with Gasteiger partial charge in [0.2, 0.25) is 0 Å². The van der Waals surface area contributed by atoms with Gasteiger partial charge in [-0.05, 0) is 49.2 Å². The fourth-order valence-electron chi connectivity index (χ4n) is 4.07. The summed E-state index contributed by atoms with van der Waals surface area (Å²) in [4.78, 5) is 27.1. The fraction of sp³-hybridized carbons (Fsp3) is 0.160. The molecule has 0 radical (unpaired) electrons. The second kappa shape index (κ2) is 8.07. The Bertz CT molecular complexity index is 1310. The van der Waals surface area contributed by atoms with Crippen LogP contribution in [0.15, 0.2) is 77.6 Å². The highest BCUT2D eigenvalue weighted by Gasteiger charge is 2.14. The van der Waals surface area contributed by atoms with Crippen molar-refractivity contribution < 1.29 is 4.79 Å². The standard InChI is InChI=1S/C25H22N4O2/c30-24(18-6-5-7-20(16-18)29-14-3-4-15-29)26-19-12-10-17(11-13-19)23-21-8-1-2-9-22(21)25(31)28-27-23/h1-2,5-13,16H,3-4,14-15H2,(H,26,30)(H,28,31). The Labute approximate surface area is 179 Å². The minimum Gasteiger partial charge on any atom is -0.372 e. The van der Waals surface area contributed by atoms with Crippen molar-refractivity contribution in [2.75, 3.05) is 23.3 Å². The molecule has 0 spiro atoms. The van der Waals surface area contributed by atoms with E-state index >= 15 is 0 Å². The number of anilines is 2. The third-order valence-corrected chi connectivity index (χ3v) is 5.69. The minimum atomic E-state index is -0.209. The third kappa shape index (κ3) is 3.80. The molecular formula is C25H22N4O2. The number of carbonyl (C=O) groups excluding carboxylic acids is 1. The van der Waals surface area contributed by atoms with E-state index in [2.05, 4.69) is 26.5 Å². The van der Waals surface area contributed by atoms with Crippen molar-refractivity contribution in [1.29, 1.82) is 0 Å². The van der Waals surface area contributed by atoms with E-state index in [4.69, 9.17) is 0 Å². The molecule has 6 heteroatoms. The predicted octanol–water partition coefficient (Wildman–Crippen LogP) is 4.44. The zero-order chi connectivity index (χ0) is 21.2. The molecule has 0 unspecified atom stereocenters. The quantitative estimate of drug-likeness (QED) is 0.521. The largest absolute Gasteiger partial charge is 0.372 e. The molecule has 1 aliphatic rings. The molecule has 1 aromatic heterocycles. The van der Waals surface area contributed by atoms with E-state index in [9.17, 15) is 9.59 Å².